The molecular weight excluding hydrogens is 356 g/mol. The van der Waals surface area contributed by atoms with E-state index in [-0.39, 0.29) is 12.0 Å². The van der Waals surface area contributed by atoms with Crippen molar-refractivity contribution >= 4 is 17.5 Å². The van der Waals surface area contributed by atoms with Crippen molar-refractivity contribution in [2.24, 2.45) is 11.8 Å². The molecule has 0 saturated heterocycles. The van der Waals surface area contributed by atoms with Gasteiger partial charge in [0.05, 0.1) is 6.54 Å². The van der Waals surface area contributed by atoms with Crippen LogP contribution in [-0.2, 0) is 17.9 Å². The fourth-order valence-corrected chi connectivity index (χ4v) is 4.16. The quantitative estimate of drug-likeness (QED) is 0.594. The molecule has 1 aromatic carbocycles. The Morgan fingerprint density at radius 1 is 1.19 bits per heavy atom. The zero-order valence-corrected chi connectivity index (χ0v) is 17.5. The number of aromatic nitrogens is 1. The van der Waals surface area contributed by atoms with Gasteiger partial charge < -0.3 is 9.47 Å². The standard InChI is InChI=1S/C23H31ClN2O/c1-17(2)18(3)26(23(27)20-9-4-5-10-20)16-22-12-7-13-25(22)15-19-8-6-11-21(24)14-19/h6-8,11-14,17-18,20H,4-5,9-10,15-16H2,1-3H3. The van der Waals surface area contributed by atoms with E-state index in [1.165, 1.54) is 24.1 Å². The van der Waals surface area contributed by atoms with Gasteiger partial charge in [-0.2, -0.15) is 0 Å². The van der Waals surface area contributed by atoms with E-state index in [4.69, 9.17) is 11.6 Å². The summed E-state index contributed by atoms with van der Waals surface area (Å²) in [6, 6.07) is 12.4. The minimum absolute atomic E-state index is 0.211. The van der Waals surface area contributed by atoms with Crippen LogP contribution in [0.25, 0.3) is 0 Å². The maximum absolute atomic E-state index is 13.2. The zero-order chi connectivity index (χ0) is 19.4. The summed E-state index contributed by atoms with van der Waals surface area (Å²) >= 11 is 6.14. The van der Waals surface area contributed by atoms with Crippen LogP contribution in [0.4, 0.5) is 0 Å². The zero-order valence-electron chi connectivity index (χ0n) is 16.7. The molecule has 1 aliphatic rings. The second-order valence-electron chi connectivity index (χ2n) is 8.19. The number of hydrogen-bond acceptors (Lipinski definition) is 1. The maximum Gasteiger partial charge on any atom is 0.226 e. The molecule has 0 spiro atoms. The van der Waals surface area contributed by atoms with Gasteiger partial charge in [-0.1, -0.05) is 50.4 Å². The lowest BCUT2D eigenvalue weighted by Gasteiger charge is -2.34. The summed E-state index contributed by atoms with van der Waals surface area (Å²) in [5, 5.41) is 0.757. The third kappa shape index (κ3) is 4.95. The number of carbonyl (C=O) groups excluding carboxylic acids is 1. The molecule has 1 aromatic heterocycles. The number of nitrogens with zero attached hydrogens (tertiary/aromatic N) is 2. The third-order valence-corrected chi connectivity index (χ3v) is 6.18. The number of benzene rings is 1. The van der Waals surface area contributed by atoms with Gasteiger partial charge in [0.2, 0.25) is 5.91 Å². The summed E-state index contributed by atoms with van der Waals surface area (Å²) in [6.45, 7) is 8.02. The molecule has 1 heterocycles. The van der Waals surface area contributed by atoms with Gasteiger partial charge in [-0.15, -0.1) is 0 Å². The first-order chi connectivity index (χ1) is 13.0. The molecule has 1 amide bonds. The fraction of sp³-hybridized carbons (Fsp3) is 0.522. The molecule has 1 fully saturated rings. The highest BCUT2D eigenvalue weighted by atomic mass is 35.5. The molecule has 0 bridgehead atoms. The average molecular weight is 387 g/mol. The lowest BCUT2D eigenvalue weighted by Crippen LogP contribution is -2.44. The second kappa shape index (κ2) is 8.97. The summed E-state index contributed by atoms with van der Waals surface area (Å²) < 4.78 is 2.23. The molecule has 27 heavy (non-hydrogen) atoms. The van der Waals surface area contributed by atoms with Crippen LogP contribution in [0.2, 0.25) is 5.02 Å². The van der Waals surface area contributed by atoms with Gasteiger partial charge in [-0.3, -0.25) is 4.79 Å². The molecule has 0 N–H and O–H groups in total. The molecule has 3 nitrogen and oxygen atoms in total. The van der Waals surface area contributed by atoms with E-state index in [1.807, 2.05) is 18.2 Å². The Labute approximate surface area is 168 Å². The molecule has 0 aliphatic heterocycles. The summed E-state index contributed by atoms with van der Waals surface area (Å²) in [6.07, 6.45) is 6.55. The first-order valence-electron chi connectivity index (χ1n) is 10.1. The molecule has 1 saturated carbocycles. The predicted octanol–water partition coefficient (Wildman–Crippen LogP) is 5.75. The molecule has 0 radical (unpaired) electrons. The topological polar surface area (TPSA) is 25.2 Å². The first kappa shape index (κ1) is 20.0. The van der Waals surface area contributed by atoms with Crippen LogP contribution >= 0.6 is 11.6 Å². The third-order valence-electron chi connectivity index (χ3n) is 5.94. The number of carbonyl (C=O) groups is 1. The van der Waals surface area contributed by atoms with E-state index in [1.54, 1.807) is 0 Å². The summed E-state index contributed by atoms with van der Waals surface area (Å²) in [7, 11) is 0. The van der Waals surface area contributed by atoms with Crippen molar-refractivity contribution in [1.29, 1.82) is 0 Å². The lowest BCUT2D eigenvalue weighted by atomic mass is 10.00. The molecule has 2 aromatic rings. The summed E-state index contributed by atoms with van der Waals surface area (Å²) in [5.41, 5.74) is 2.35. The van der Waals surface area contributed by atoms with Gasteiger partial charge >= 0.3 is 0 Å². The molecule has 1 aliphatic carbocycles. The molecule has 146 valence electrons. The Hall–Kier alpha value is -1.74. The van der Waals surface area contributed by atoms with Crippen LogP contribution in [0.15, 0.2) is 42.6 Å². The van der Waals surface area contributed by atoms with E-state index >= 15 is 0 Å². The van der Waals surface area contributed by atoms with Gasteiger partial charge in [-0.05, 0) is 55.5 Å². The summed E-state index contributed by atoms with van der Waals surface area (Å²) in [5.74, 6) is 0.985. The smallest absolute Gasteiger partial charge is 0.226 e. The van der Waals surface area contributed by atoms with Crippen LogP contribution in [0.5, 0.6) is 0 Å². The van der Waals surface area contributed by atoms with Crippen molar-refractivity contribution in [2.75, 3.05) is 0 Å². The monoisotopic (exact) mass is 386 g/mol. The lowest BCUT2D eigenvalue weighted by molar-refractivity contribution is -0.139. The maximum atomic E-state index is 13.2. The normalized spacial score (nSPS) is 16.0. The van der Waals surface area contributed by atoms with Crippen molar-refractivity contribution in [3.8, 4) is 0 Å². The Morgan fingerprint density at radius 3 is 2.59 bits per heavy atom. The molecule has 3 rings (SSSR count). The fourth-order valence-electron chi connectivity index (χ4n) is 3.94. The van der Waals surface area contributed by atoms with Gasteiger partial charge in [-0.25, -0.2) is 0 Å². The van der Waals surface area contributed by atoms with E-state index in [2.05, 4.69) is 54.6 Å². The Balaban J connectivity index is 1.79. The van der Waals surface area contributed by atoms with Crippen LogP contribution in [0.3, 0.4) is 0 Å². The highest BCUT2D eigenvalue weighted by molar-refractivity contribution is 6.30. The number of halogens is 1. The Morgan fingerprint density at radius 2 is 1.93 bits per heavy atom. The molecular formula is C23H31ClN2O. The van der Waals surface area contributed by atoms with Crippen molar-refractivity contribution in [2.45, 2.75) is 65.6 Å². The molecule has 4 heteroatoms. The second-order valence-corrected chi connectivity index (χ2v) is 8.63. The predicted molar refractivity (Wildman–Crippen MR) is 112 cm³/mol. The van der Waals surface area contributed by atoms with Gasteiger partial charge in [0.15, 0.2) is 0 Å². The largest absolute Gasteiger partial charge is 0.345 e. The Bertz CT molecular complexity index is 761. The first-order valence-corrected chi connectivity index (χ1v) is 10.5. The number of hydrogen-bond donors (Lipinski definition) is 0. The van der Waals surface area contributed by atoms with E-state index < -0.39 is 0 Å². The number of amides is 1. The Kier molecular flexibility index (Phi) is 6.64. The van der Waals surface area contributed by atoms with Crippen molar-refractivity contribution in [3.05, 3.63) is 58.9 Å². The van der Waals surface area contributed by atoms with Crippen molar-refractivity contribution in [1.82, 2.24) is 9.47 Å². The average Bonchev–Trinajstić information content (AvgIpc) is 3.31. The summed E-state index contributed by atoms with van der Waals surface area (Å²) in [4.78, 5) is 15.3. The molecule has 1 unspecified atom stereocenters. The van der Waals surface area contributed by atoms with E-state index in [0.717, 1.165) is 24.4 Å². The van der Waals surface area contributed by atoms with Gasteiger partial charge in [0, 0.05) is 35.4 Å². The van der Waals surface area contributed by atoms with Crippen LogP contribution in [-0.4, -0.2) is 21.4 Å². The van der Waals surface area contributed by atoms with Crippen molar-refractivity contribution in [3.63, 3.8) is 0 Å². The van der Waals surface area contributed by atoms with Gasteiger partial charge in [0.25, 0.3) is 0 Å². The van der Waals surface area contributed by atoms with Gasteiger partial charge in [0.1, 0.15) is 0 Å². The SMILES string of the molecule is CC(C)C(C)N(Cc1cccn1Cc1cccc(Cl)c1)C(=O)C1CCCC1. The van der Waals surface area contributed by atoms with E-state index in [0.29, 0.717) is 18.4 Å². The van der Waals surface area contributed by atoms with Crippen LogP contribution in [0.1, 0.15) is 57.7 Å². The highest BCUT2D eigenvalue weighted by Gasteiger charge is 2.31. The van der Waals surface area contributed by atoms with Crippen LogP contribution < -0.4 is 0 Å². The minimum Gasteiger partial charge on any atom is -0.345 e. The van der Waals surface area contributed by atoms with Crippen LogP contribution in [0, 0.1) is 11.8 Å². The van der Waals surface area contributed by atoms with Crippen molar-refractivity contribution < 1.29 is 4.79 Å². The molecule has 1 atom stereocenters. The van der Waals surface area contributed by atoms with E-state index in [9.17, 15) is 4.79 Å². The highest BCUT2D eigenvalue weighted by Crippen LogP contribution is 2.29. The minimum atomic E-state index is 0.211. The number of rotatable bonds is 7.